The molecule has 0 unspecified atom stereocenters. The Kier molecular flexibility index (Phi) is 7.51. The second-order valence-electron chi connectivity index (χ2n) is 7.21. The van der Waals surface area contributed by atoms with Gasteiger partial charge in [0.1, 0.15) is 5.75 Å². The van der Waals surface area contributed by atoms with E-state index >= 15 is 0 Å². The van der Waals surface area contributed by atoms with E-state index in [1.807, 2.05) is 36.4 Å². The number of benzene rings is 2. The number of rotatable bonds is 11. The molecule has 1 heterocycles. The SMILES string of the molecule is CCCCCCCCCCOc1cc2cc3ccccc3nc2cc1N=[N+]=[N-]. The molecular weight excluding hydrogens is 348 g/mol. The lowest BCUT2D eigenvalue weighted by Gasteiger charge is -2.11. The molecule has 0 fully saturated rings. The number of nitrogens with zero attached hydrogens (tertiary/aromatic N) is 4. The Hall–Kier alpha value is -2.78. The lowest BCUT2D eigenvalue weighted by molar-refractivity contribution is 0.305. The van der Waals surface area contributed by atoms with Crippen molar-refractivity contribution in [2.75, 3.05) is 6.61 Å². The van der Waals surface area contributed by atoms with Gasteiger partial charge in [0.05, 0.1) is 23.3 Å². The Labute approximate surface area is 166 Å². The summed E-state index contributed by atoms with van der Waals surface area (Å²) in [5.41, 5.74) is 11.1. The van der Waals surface area contributed by atoms with Crippen LogP contribution >= 0.6 is 0 Å². The van der Waals surface area contributed by atoms with E-state index in [0.29, 0.717) is 18.0 Å². The van der Waals surface area contributed by atoms with Crippen molar-refractivity contribution in [2.24, 2.45) is 5.11 Å². The van der Waals surface area contributed by atoms with Crippen LogP contribution in [0.25, 0.3) is 32.2 Å². The molecule has 0 radical (unpaired) electrons. The monoisotopic (exact) mass is 376 g/mol. The zero-order valence-electron chi connectivity index (χ0n) is 16.6. The number of ether oxygens (including phenoxy) is 1. The summed E-state index contributed by atoms with van der Waals surface area (Å²) in [5.74, 6) is 0.630. The van der Waals surface area contributed by atoms with Gasteiger partial charge in [0.2, 0.25) is 0 Å². The fraction of sp³-hybridized carbons (Fsp3) is 0.435. The molecule has 0 N–H and O–H groups in total. The maximum atomic E-state index is 8.90. The molecule has 0 aliphatic heterocycles. The second-order valence-corrected chi connectivity index (χ2v) is 7.21. The van der Waals surface area contributed by atoms with Crippen molar-refractivity contribution in [2.45, 2.75) is 58.3 Å². The molecule has 146 valence electrons. The Morgan fingerprint density at radius 2 is 1.64 bits per heavy atom. The fourth-order valence-corrected chi connectivity index (χ4v) is 3.45. The Morgan fingerprint density at radius 1 is 0.893 bits per heavy atom. The largest absolute Gasteiger partial charge is 0.493 e. The smallest absolute Gasteiger partial charge is 0.129 e. The molecule has 0 aliphatic carbocycles. The van der Waals surface area contributed by atoms with Crippen molar-refractivity contribution in [1.82, 2.24) is 4.98 Å². The summed E-state index contributed by atoms with van der Waals surface area (Å²) in [6, 6.07) is 13.8. The average Bonchev–Trinajstić information content (AvgIpc) is 2.71. The van der Waals surface area contributed by atoms with Gasteiger partial charge >= 0.3 is 0 Å². The standard InChI is InChI=1S/C23H28N4O/c1-2-3-4-5-6-7-8-11-14-28-23-16-19-15-18-12-9-10-13-20(18)25-21(19)17-22(23)26-27-24/h9-10,12-13,15-17H,2-8,11,14H2,1H3. The highest BCUT2D eigenvalue weighted by Crippen LogP contribution is 2.33. The summed E-state index contributed by atoms with van der Waals surface area (Å²) in [6.45, 7) is 2.88. The number of hydrogen-bond donors (Lipinski definition) is 0. The highest BCUT2D eigenvalue weighted by molar-refractivity contribution is 5.95. The molecule has 0 saturated carbocycles. The number of hydrogen-bond acceptors (Lipinski definition) is 3. The lowest BCUT2D eigenvalue weighted by atomic mass is 10.1. The van der Waals surface area contributed by atoms with E-state index in [2.05, 4.69) is 28.0 Å². The molecule has 2 aromatic carbocycles. The van der Waals surface area contributed by atoms with Crippen LogP contribution in [0.15, 0.2) is 47.6 Å². The van der Waals surface area contributed by atoms with E-state index in [-0.39, 0.29) is 0 Å². The predicted molar refractivity (Wildman–Crippen MR) is 116 cm³/mol. The molecule has 5 nitrogen and oxygen atoms in total. The maximum absolute atomic E-state index is 8.90. The minimum atomic E-state index is 0.498. The molecule has 0 spiro atoms. The number of fused-ring (bicyclic) bond motifs is 2. The minimum absolute atomic E-state index is 0.498. The number of unbranched alkanes of at least 4 members (excludes halogenated alkanes) is 7. The van der Waals surface area contributed by atoms with Gasteiger partial charge in [-0.2, -0.15) is 0 Å². The van der Waals surface area contributed by atoms with Crippen molar-refractivity contribution in [3.05, 3.63) is 52.9 Å². The van der Waals surface area contributed by atoms with Crippen molar-refractivity contribution in [1.29, 1.82) is 0 Å². The third-order valence-electron chi connectivity index (χ3n) is 5.00. The van der Waals surface area contributed by atoms with Gasteiger partial charge in [0.15, 0.2) is 0 Å². The zero-order valence-corrected chi connectivity index (χ0v) is 16.6. The topological polar surface area (TPSA) is 70.9 Å². The van der Waals surface area contributed by atoms with Crippen molar-refractivity contribution in [3.8, 4) is 5.75 Å². The minimum Gasteiger partial charge on any atom is -0.493 e. The first-order chi connectivity index (χ1) is 13.8. The first-order valence-electron chi connectivity index (χ1n) is 10.3. The van der Waals surface area contributed by atoms with Crippen LogP contribution in [0.3, 0.4) is 0 Å². The summed E-state index contributed by atoms with van der Waals surface area (Å²) < 4.78 is 5.96. The summed E-state index contributed by atoms with van der Waals surface area (Å²) >= 11 is 0. The molecule has 3 rings (SSSR count). The number of pyridine rings is 1. The van der Waals surface area contributed by atoms with Gasteiger partial charge < -0.3 is 4.74 Å². The summed E-state index contributed by atoms with van der Waals surface area (Å²) in [7, 11) is 0. The van der Waals surface area contributed by atoms with E-state index in [1.165, 1.54) is 44.9 Å². The highest BCUT2D eigenvalue weighted by Gasteiger charge is 2.08. The van der Waals surface area contributed by atoms with Crippen LogP contribution in [-0.2, 0) is 0 Å². The van der Waals surface area contributed by atoms with Crippen LogP contribution in [0, 0.1) is 0 Å². The van der Waals surface area contributed by atoms with E-state index in [0.717, 1.165) is 28.2 Å². The third-order valence-corrected chi connectivity index (χ3v) is 5.00. The Morgan fingerprint density at radius 3 is 2.43 bits per heavy atom. The molecule has 5 heteroatoms. The molecule has 0 amide bonds. The van der Waals surface area contributed by atoms with Crippen LogP contribution in [0.2, 0.25) is 0 Å². The lowest BCUT2D eigenvalue weighted by Crippen LogP contribution is -1.98. The number of para-hydroxylation sites is 1. The van der Waals surface area contributed by atoms with Gasteiger partial charge in [0, 0.05) is 15.7 Å². The van der Waals surface area contributed by atoms with Crippen LogP contribution in [0.1, 0.15) is 58.3 Å². The Bertz CT molecular complexity index is 963. The first kappa shape index (κ1) is 20.0. The van der Waals surface area contributed by atoms with Gasteiger partial charge in [-0.15, -0.1) is 0 Å². The third kappa shape index (κ3) is 5.37. The van der Waals surface area contributed by atoms with Gasteiger partial charge in [-0.05, 0) is 36.2 Å². The molecule has 0 saturated heterocycles. The summed E-state index contributed by atoms with van der Waals surface area (Å²) in [6.07, 6.45) is 10.1. The van der Waals surface area contributed by atoms with Crippen LogP contribution in [-0.4, -0.2) is 11.6 Å². The predicted octanol–water partition coefficient (Wildman–Crippen LogP) is 7.85. The van der Waals surface area contributed by atoms with E-state index in [9.17, 15) is 0 Å². The number of aromatic nitrogens is 1. The van der Waals surface area contributed by atoms with E-state index in [1.54, 1.807) is 0 Å². The fourth-order valence-electron chi connectivity index (χ4n) is 3.45. The van der Waals surface area contributed by atoms with Crippen molar-refractivity contribution >= 4 is 27.5 Å². The molecule has 1 aromatic heterocycles. The molecule has 28 heavy (non-hydrogen) atoms. The zero-order chi connectivity index (χ0) is 19.6. The van der Waals surface area contributed by atoms with Gasteiger partial charge in [-0.3, -0.25) is 0 Å². The molecule has 3 aromatic rings. The average molecular weight is 377 g/mol. The summed E-state index contributed by atoms with van der Waals surface area (Å²) in [4.78, 5) is 7.62. The van der Waals surface area contributed by atoms with Gasteiger partial charge in [-0.1, -0.05) is 75.2 Å². The summed E-state index contributed by atoms with van der Waals surface area (Å²) in [5, 5.41) is 5.88. The van der Waals surface area contributed by atoms with E-state index < -0.39 is 0 Å². The Balaban J connectivity index is 1.63. The van der Waals surface area contributed by atoms with Gasteiger partial charge in [0.25, 0.3) is 0 Å². The number of azide groups is 1. The second kappa shape index (κ2) is 10.5. The van der Waals surface area contributed by atoms with Crippen molar-refractivity contribution < 1.29 is 4.74 Å². The molecule has 0 bridgehead atoms. The highest BCUT2D eigenvalue weighted by atomic mass is 16.5. The van der Waals surface area contributed by atoms with Gasteiger partial charge in [-0.25, -0.2) is 4.98 Å². The van der Waals surface area contributed by atoms with Crippen LogP contribution < -0.4 is 4.74 Å². The molecule has 0 atom stereocenters. The van der Waals surface area contributed by atoms with E-state index in [4.69, 9.17) is 10.3 Å². The quantitative estimate of drug-likeness (QED) is 0.112. The normalized spacial score (nSPS) is 10.9. The maximum Gasteiger partial charge on any atom is 0.129 e. The van der Waals surface area contributed by atoms with Crippen LogP contribution in [0.4, 0.5) is 5.69 Å². The first-order valence-corrected chi connectivity index (χ1v) is 10.3. The molecule has 0 aliphatic rings. The van der Waals surface area contributed by atoms with Crippen molar-refractivity contribution in [3.63, 3.8) is 0 Å². The molecular formula is C23H28N4O. The van der Waals surface area contributed by atoms with Crippen LogP contribution in [0.5, 0.6) is 5.75 Å².